The van der Waals surface area contributed by atoms with Crippen LogP contribution in [0.5, 0.6) is 0 Å². The molecule has 4 aliphatic carbocycles. The standard InChI is InChI=1S/C20H27FN2O2/c1-25-18(16-3-2-4-17(21)8-16)12-22-19(24)23-20-9-13-5-14(10-20)7-15(6-13)11-20/h2-4,8,13-15,18H,5-7,9-12H2,1H3,(H2,22,23,24). The lowest BCUT2D eigenvalue weighted by Gasteiger charge is -2.56. The summed E-state index contributed by atoms with van der Waals surface area (Å²) in [5.41, 5.74) is 0.734. The number of ether oxygens (including phenoxy) is 1. The Labute approximate surface area is 148 Å². The minimum atomic E-state index is -0.349. The lowest BCUT2D eigenvalue weighted by molar-refractivity contribution is -0.0137. The Morgan fingerprint density at radius 1 is 1.24 bits per heavy atom. The molecule has 5 rings (SSSR count). The average molecular weight is 346 g/mol. The van der Waals surface area contributed by atoms with Gasteiger partial charge < -0.3 is 15.4 Å². The van der Waals surface area contributed by atoms with Gasteiger partial charge in [0, 0.05) is 19.2 Å². The molecule has 4 aliphatic rings. The summed E-state index contributed by atoms with van der Waals surface area (Å²) >= 11 is 0. The quantitative estimate of drug-likeness (QED) is 0.852. The Hall–Kier alpha value is -1.62. The molecule has 5 heteroatoms. The highest BCUT2D eigenvalue weighted by molar-refractivity contribution is 5.75. The minimum absolute atomic E-state index is 0.000255. The second kappa shape index (κ2) is 6.60. The fourth-order valence-electron chi connectivity index (χ4n) is 5.78. The van der Waals surface area contributed by atoms with E-state index in [0.29, 0.717) is 6.54 Å². The van der Waals surface area contributed by atoms with Crippen LogP contribution in [0.4, 0.5) is 9.18 Å². The van der Waals surface area contributed by atoms with Crippen LogP contribution < -0.4 is 10.6 Å². The minimum Gasteiger partial charge on any atom is -0.375 e. The van der Waals surface area contributed by atoms with Gasteiger partial charge in [0.1, 0.15) is 5.82 Å². The molecule has 1 atom stereocenters. The van der Waals surface area contributed by atoms with E-state index in [1.807, 2.05) is 6.07 Å². The second-order valence-electron chi connectivity index (χ2n) is 8.31. The Balaban J connectivity index is 1.34. The molecule has 0 radical (unpaired) electrons. The lowest BCUT2D eigenvalue weighted by Crippen LogP contribution is -2.61. The number of carbonyl (C=O) groups is 1. The zero-order valence-electron chi connectivity index (χ0n) is 14.8. The highest BCUT2D eigenvalue weighted by Gasteiger charge is 2.51. The van der Waals surface area contributed by atoms with Crippen LogP contribution in [-0.2, 0) is 4.74 Å². The van der Waals surface area contributed by atoms with Crippen molar-refractivity contribution in [3.8, 4) is 0 Å². The van der Waals surface area contributed by atoms with Crippen molar-refractivity contribution >= 4 is 6.03 Å². The molecule has 25 heavy (non-hydrogen) atoms. The van der Waals surface area contributed by atoms with Crippen LogP contribution in [0.1, 0.15) is 50.2 Å². The van der Waals surface area contributed by atoms with Gasteiger partial charge in [0.15, 0.2) is 0 Å². The van der Waals surface area contributed by atoms with Gasteiger partial charge >= 0.3 is 6.03 Å². The second-order valence-corrected chi connectivity index (χ2v) is 8.31. The first kappa shape index (κ1) is 16.8. The fraction of sp³-hybridized carbons (Fsp3) is 0.650. The highest BCUT2D eigenvalue weighted by atomic mass is 19.1. The summed E-state index contributed by atoms with van der Waals surface area (Å²) in [6.45, 7) is 0.332. The maximum Gasteiger partial charge on any atom is 0.315 e. The van der Waals surface area contributed by atoms with E-state index in [1.165, 1.54) is 31.4 Å². The first-order valence-electron chi connectivity index (χ1n) is 9.39. The summed E-state index contributed by atoms with van der Waals surface area (Å²) in [7, 11) is 1.58. The molecule has 1 aromatic rings. The first-order chi connectivity index (χ1) is 12.0. The molecule has 0 spiro atoms. The number of benzene rings is 1. The van der Waals surface area contributed by atoms with Crippen LogP contribution in [-0.4, -0.2) is 25.2 Å². The molecule has 2 N–H and O–H groups in total. The van der Waals surface area contributed by atoms with Gasteiger partial charge in [-0.25, -0.2) is 9.18 Å². The molecular formula is C20H27FN2O2. The van der Waals surface area contributed by atoms with E-state index in [9.17, 15) is 9.18 Å². The summed E-state index contributed by atoms with van der Waals surface area (Å²) in [4.78, 5) is 12.5. The van der Waals surface area contributed by atoms with Crippen LogP contribution in [0, 0.1) is 23.6 Å². The van der Waals surface area contributed by atoms with Gasteiger partial charge in [0.25, 0.3) is 0 Å². The predicted molar refractivity (Wildman–Crippen MR) is 93.6 cm³/mol. The molecular weight excluding hydrogens is 319 g/mol. The van der Waals surface area contributed by atoms with E-state index in [0.717, 1.165) is 42.6 Å². The fourth-order valence-corrected chi connectivity index (χ4v) is 5.78. The Morgan fingerprint density at radius 3 is 2.44 bits per heavy atom. The van der Waals surface area contributed by atoms with Crippen LogP contribution in [0.15, 0.2) is 24.3 Å². The van der Waals surface area contributed by atoms with Crippen molar-refractivity contribution in [2.45, 2.75) is 50.2 Å². The van der Waals surface area contributed by atoms with Crippen LogP contribution >= 0.6 is 0 Å². The summed E-state index contributed by atoms with van der Waals surface area (Å²) in [5, 5.41) is 6.22. The number of halogens is 1. The number of rotatable bonds is 5. The van der Waals surface area contributed by atoms with Crippen molar-refractivity contribution in [1.82, 2.24) is 10.6 Å². The number of hydrogen-bond donors (Lipinski definition) is 2. The van der Waals surface area contributed by atoms with Crippen LogP contribution in [0.2, 0.25) is 0 Å². The van der Waals surface area contributed by atoms with Gasteiger partial charge in [-0.1, -0.05) is 12.1 Å². The van der Waals surface area contributed by atoms with Crippen LogP contribution in [0.25, 0.3) is 0 Å². The number of methoxy groups -OCH3 is 1. The SMILES string of the molecule is COC(CNC(=O)NC12CC3CC(CC(C3)C1)C2)c1cccc(F)c1. The monoisotopic (exact) mass is 346 g/mol. The van der Waals surface area contributed by atoms with Gasteiger partial charge in [-0.3, -0.25) is 0 Å². The van der Waals surface area contributed by atoms with Gasteiger partial charge in [0.2, 0.25) is 0 Å². The number of nitrogens with one attached hydrogen (secondary N) is 2. The van der Waals surface area contributed by atoms with Crippen molar-refractivity contribution in [2.24, 2.45) is 17.8 Å². The summed E-state index contributed by atoms with van der Waals surface area (Å²) in [6, 6.07) is 6.21. The van der Waals surface area contributed by atoms with E-state index in [4.69, 9.17) is 4.74 Å². The molecule has 0 aliphatic heterocycles. The maximum atomic E-state index is 13.4. The van der Waals surface area contributed by atoms with E-state index in [1.54, 1.807) is 13.2 Å². The third-order valence-corrected chi connectivity index (χ3v) is 6.37. The third-order valence-electron chi connectivity index (χ3n) is 6.37. The third kappa shape index (κ3) is 3.52. The van der Waals surface area contributed by atoms with E-state index >= 15 is 0 Å². The van der Waals surface area contributed by atoms with Crippen molar-refractivity contribution in [1.29, 1.82) is 0 Å². The zero-order valence-corrected chi connectivity index (χ0v) is 14.8. The van der Waals surface area contributed by atoms with Crippen molar-refractivity contribution in [2.75, 3.05) is 13.7 Å². The van der Waals surface area contributed by atoms with Crippen molar-refractivity contribution < 1.29 is 13.9 Å². The number of hydrogen-bond acceptors (Lipinski definition) is 2. The molecule has 2 amide bonds. The Morgan fingerprint density at radius 2 is 1.88 bits per heavy atom. The molecule has 0 saturated heterocycles. The van der Waals surface area contributed by atoms with Gasteiger partial charge in [-0.05, 0) is 74.0 Å². The average Bonchev–Trinajstić information content (AvgIpc) is 2.53. The zero-order chi connectivity index (χ0) is 17.4. The van der Waals surface area contributed by atoms with E-state index in [-0.39, 0.29) is 23.5 Å². The molecule has 4 saturated carbocycles. The van der Waals surface area contributed by atoms with E-state index < -0.39 is 0 Å². The molecule has 4 fully saturated rings. The molecule has 1 aromatic carbocycles. The topological polar surface area (TPSA) is 50.4 Å². The number of carbonyl (C=O) groups excluding carboxylic acids is 1. The Kier molecular flexibility index (Phi) is 4.44. The molecule has 4 bridgehead atoms. The Bertz CT molecular complexity index is 613. The molecule has 0 aromatic heterocycles. The largest absolute Gasteiger partial charge is 0.375 e. The summed E-state index contributed by atoms with van der Waals surface area (Å²) in [6.07, 6.45) is 7.10. The predicted octanol–water partition coefficient (Wildman–Crippen LogP) is 3.78. The smallest absolute Gasteiger partial charge is 0.315 e. The van der Waals surface area contributed by atoms with Crippen molar-refractivity contribution in [3.05, 3.63) is 35.6 Å². The van der Waals surface area contributed by atoms with Gasteiger partial charge in [-0.15, -0.1) is 0 Å². The number of urea groups is 1. The molecule has 1 unspecified atom stereocenters. The van der Waals surface area contributed by atoms with Gasteiger partial charge in [0.05, 0.1) is 6.10 Å². The normalized spacial score (nSPS) is 33.9. The summed E-state index contributed by atoms with van der Waals surface area (Å²) in [5.74, 6) is 2.10. The molecule has 0 heterocycles. The highest BCUT2D eigenvalue weighted by Crippen LogP contribution is 2.55. The van der Waals surface area contributed by atoms with Crippen molar-refractivity contribution in [3.63, 3.8) is 0 Å². The van der Waals surface area contributed by atoms with Gasteiger partial charge in [-0.2, -0.15) is 0 Å². The summed E-state index contributed by atoms with van der Waals surface area (Å²) < 4.78 is 18.8. The maximum absolute atomic E-state index is 13.4. The molecule has 4 nitrogen and oxygen atoms in total. The first-order valence-corrected chi connectivity index (χ1v) is 9.39. The molecule has 136 valence electrons. The lowest BCUT2D eigenvalue weighted by atomic mass is 9.53. The number of amides is 2. The van der Waals surface area contributed by atoms with E-state index in [2.05, 4.69) is 10.6 Å². The van der Waals surface area contributed by atoms with Crippen LogP contribution in [0.3, 0.4) is 0 Å².